The van der Waals surface area contributed by atoms with E-state index < -0.39 is 17.4 Å². The van der Waals surface area contributed by atoms with Gasteiger partial charge in [-0.15, -0.1) is 0 Å². The van der Waals surface area contributed by atoms with Crippen LogP contribution in [-0.4, -0.2) is 15.8 Å². The Labute approximate surface area is 129 Å². The van der Waals surface area contributed by atoms with Gasteiger partial charge in [0.25, 0.3) is 5.56 Å². The molecule has 1 aromatic carbocycles. The minimum atomic E-state index is -4.62. The molecule has 7 heteroatoms. The third-order valence-electron chi connectivity index (χ3n) is 3.70. The Morgan fingerprint density at radius 2 is 1.91 bits per heavy atom. The summed E-state index contributed by atoms with van der Waals surface area (Å²) in [7, 11) is 0. The highest BCUT2D eigenvalue weighted by molar-refractivity contribution is 7.98. The second-order valence-electron chi connectivity index (χ2n) is 5.11. The second-order valence-corrected chi connectivity index (χ2v) is 5.88. The van der Waals surface area contributed by atoms with E-state index in [1.807, 2.05) is 12.1 Å². The summed E-state index contributed by atoms with van der Waals surface area (Å²) in [5.41, 5.74) is 1.08. The molecule has 1 aliphatic carbocycles. The summed E-state index contributed by atoms with van der Waals surface area (Å²) in [6.07, 6.45) is -0.0213. The number of halogens is 3. The molecular formula is C15H13F3N2OS. The van der Waals surface area contributed by atoms with Gasteiger partial charge in [-0.05, 0) is 48.8 Å². The Morgan fingerprint density at radius 1 is 1.18 bits per heavy atom. The third-order valence-corrected chi connectivity index (χ3v) is 4.34. The van der Waals surface area contributed by atoms with Crippen molar-refractivity contribution in [2.75, 3.05) is 6.26 Å². The van der Waals surface area contributed by atoms with Crippen LogP contribution in [0.5, 0.6) is 0 Å². The van der Waals surface area contributed by atoms with Gasteiger partial charge in [0.2, 0.25) is 0 Å². The van der Waals surface area contributed by atoms with E-state index in [0.717, 1.165) is 36.6 Å². The molecule has 0 atom stereocenters. The Balaban J connectivity index is 2.17. The zero-order valence-electron chi connectivity index (χ0n) is 11.8. The molecule has 0 fully saturated rings. The van der Waals surface area contributed by atoms with E-state index in [-0.39, 0.29) is 5.16 Å². The van der Waals surface area contributed by atoms with E-state index in [4.69, 9.17) is 0 Å². The van der Waals surface area contributed by atoms with E-state index in [2.05, 4.69) is 4.98 Å². The van der Waals surface area contributed by atoms with Crippen molar-refractivity contribution in [2.24, 2.45) is 0 Å². The normalized spacial score (nSPS) is 14.2. The van der Waals surface area contributed by atoms with E-state index in [1.165, 1.54) is 10.1 Å². The molecule has 0 bridgehead atoms. The number of hydrogen-bond acceptors (Lipinski definition) is 3. The predicted octanol–water partition coefficient (Wildman–Crippen LogP) is 3.46. The lowest BCUT2D eigenvalue weighted by molar-refractivity contribution is -0.141. The number of hydrogen-bond donors (Lipinski definition) is 0. The average Bonchev–Trinajstić information content (AvgIpc) is 2.92. The standard InChI is InChI=1S/C15H13F3N2OS/c1-22-14-19-12(15(16,17)18)8-13(21)20(14)11-6-5-9-3-2-4-10(9)7-11/h5-8H,2-4H2,1H3. The van der Waals surface area contributed by atoms with Gasteiger partial charge in [0.15, 0.2) is 10.9 Å². The molecule has 0 radical (unpaired) electrons. The largest absolute Gasteiger partial charge is 0.433 e. The van der Waals surface area contributed by atoms with Crippen LogP contribution in [0.25, 0.3) is 5.69 Å². The third kappa shape index (κ3) is 2.65. The molecule has 2 aromatic rings. The van der Waals surface area contributed by atoms with E-state index in [1.54, 1.807) is 12.3 Å². The first-order valence-corrected chi connectivity index (χ1v) is 8.00. The van der Waals surface area contributed by atoms with Gasteiger partial charge in [-0.2, -0.15) is 13.2 Å². The first kappa shape index (κ1) is 15.1. The molecule has 0 saturated heterocycles. The lowest BCUT2D eigenvalue weighted by atomic mass is 10.1. The summed E-state index contributed by atoms with van der Waals surface area (Å²) in [4.78, 5) is 15.8. The Kier molecular flexibility index (Phi) is 3.76. The number of aromatic nitrogens is 2. The summed E-state index contributed by atoms with van der Waals surface area (Å²) in [6.45, 7) is 0. The van der Waals surface area contributed by atoms with Crippen LogP contribution in [-0.2, 0) is 19.0 Å². The predicted molar refractivity (Wildman–Crippen MR) is 78.6 cm³/mol. The van der Waals surface area contributed by atoms with Gasteiger partial charge >= 0.3 is 6.18 Å². The molecule has 0 amide bonds. The molecule has 1 heterocycles. The number of nitrogens with zero attached hydrogens (tertiary/aromatic N) is 2. The highest BCUT2D eigenvalue weighted by Gasteiger charge is 2.34. The van der Waals surface area contributed by atoms with Crippen LogP contribution >= 0.6 is 11.8 Å². The van der Waals surface area contributed by atoms with Crippen molar-refractivity contribution in [3.05, 3.63) is 51.4 Å². The van der Waals surface area contributed by atoms with E-state index in [9.17, 15) is 18.0 Å². The van der Waals surface area contributed by atoms with Gasteiger partial charge in [0.05, 0.1) is 5.69 Å². The SMILES string of the molecule is CSc1nc(C(F)(F)F)cc(=O)n1-c1ccc2c(c1)CCC2. The molecule has 0 N–H and O–H groups in total. The quantitative estimate of drug-likeness (QED) is 0.626. The minimum absolute atomic E-state index is 0.0396. The van der Waals surface area contributed by atoms with E-state index >= 15 is 0 Å². The maximum absolute atomic E-state index is 12.8. The number of alkyl halides is 3. The fourth-order valence-electron chi connectivity index (χ4n) is 2.68. The van der Waals surface area contributed by atoms with Crippen LogP contribution in [0.4, 0.5) is 13.2 Å². The Morgan fingerprint density at radius 3 is 2.59 bits per heavy atom. The summed E-state index contributed by atoms with van der Waals surface area (Å²) >= 11 is 1.02. The number of fused-ring (bicyclic) bond motifs is 1. The maximum atomic E-state index is 12.8. The molecule has 116 valence electrons. The smallest absolute Gasteiger partial charge is 0.269 e. The maximum Gasteiger partial charge on any atom is 0.433 e. The van der Waals surface area contributed by atoms with Crippen molar-refractivity contribution in [1.29, 1.82) is 0 Å². The fraction of sp³-hybridized carbons (Fsp3) is 0.333. The van der Waals surface area contributed by atoms with Crippen molar-refractivity contribution >= 4 is 11.8 Å². The van der Waals surface area contributed by atoms with Gasteiger partial charge in [0.1, 0.15) is 0 Å². The molecule has 3 nitrogen and oxygen atoms in total. The van der Waals surface area contributed by atoms with Crippen molar-refractivity contribution in [1.82, 2.24) is 9.55 Å². The fourth-order valence-corrected chi connectivity index (χ4v) is 3.25. The minimum Gasteiger partial charge on any atom is -0.269 e. The summed E-state index contributed by atoms with van der Waals surface area (Å²) in [5, 5.41) is 0.0396. The summed E-state index contributed by atoms with van der Waals surface area (Å²) < 4.78 is 39.6. The molecule has 0 spiro atoms. The number of thioether (sulfide) groups is 1. The zero-order valence-corrected chi connectivity index (χ0v) is 12.6. The second kappa shape index (κ2) is 5.46. The van der Waals surface area contributed by atoms with Crippen LogP contribution in [0.1, 0.15) is 23.2 Å². The van der Waals surface area contributed by atoms with Crippen LogP contribution in [0, 0.1) is 0 Å². The summed E-state index contributed by atoms with van der Waals surface area (Å²) in [5.74, 6) is 0. The van der Waals surface area contributed by atoms with Gasteiger partial charge < -0.3 is 0 Å². The van der Waals surface area contributed by atoms with Crippen LogP contribution < -0.4 is 5.56 Å². The highest BCUT2D eigenvalue weighted by atomic mass is 32.2. The first-order valence-electron chi connectivity index (χ1n) is 6.77. The molecule has 3 rings (SSSR count). The molecule has 0 saturated carbocycles. The zero-order chi connectivity index (χ0) is 15.9. The van der Waals surface area contributed by atoms with Crippen LogP contribution in [0.2, 0.25) is 0 Å². The first-order chi connectivity index (χ1) is 10.4. The molecule has 0 aliphatic heterocycles. The number of rotatable bonds is 2. The Bertz CT molecular complexity index is 783. The van der Waals surface area contributed by atoms with Gasteiger partial charge in [-0.3, -0.25) is 9.36 Å². The van der Waals surface area contributed by atoms with Crippen molar-refractivity contribution in [3.63, 3.8) is 0 Å². The van der Waals surface area contributed by atoms with Crippen molar-refractivity contribution in [3.8, 4) is 5.69 Å². The van der Waals surface area contributed by atoms with Crippen LogP contribution in [0.15, 0.2) is 34.2 Å². The lowest BCUT2D eigenvalue weighted by Gasteiger charge is -2.14. The van der Waals surface area contributed by atoms with Gasteiger partial charge in [0, 0.05) is 6.07 Å². The van der Waals surface area contributed by atoms with E-state index in [0.29, 0.717) is 11.8 Å². The van der Waals surface area contributed by atoms with Crippen molar-refractivity contribution < 1.29 is 13.2 Å². The monoisotopic (exact) mass is 326 g/mol. The Hall–Kier alpha value is -1.76. The molecular weight excluding hydrogens is 313 g/mol. The summed E-state index contributed by atoms with van der Waals surface area (Å²) in [6, 6.07) is 6.12. The molecule has 1 aliphatic rings. The number of aryl methyl sites for hydroxylation is 2. The molecule has 0 unspecified atom stereocenters. The lowest BCUT2D eigenvalue weighted by Crippen LogP contribution is -2.24. The molecule has 1 aromatic heterocycles. The van der Waals surface area contributed by atoms with Crippen molar-refractivity contribution in [2.45, 2.75) is 30.6 Å². The number of benzene rings is 1. The van der Waals surface area contributed by atoms with Crippen LogP contribution in [0.3, 0.4) is 0 Å². The van der Waals surface area contributed by atoms with Gasteiger partial charge in [-0.25, -0.2) is 4.98 Å². The highest BCUT2D eigenvalue weighted by Crippen LogP contribution is 2.29. The van der Waals surface area contributed by atoms with Gasteiger partial charge in [-0.1, -0.05) is 17.8 Å². The molecule has 22 heavy (non-hydrogen) atoms. The average molecular weight is 326 g/mol. The topological polar surface area (TPSA) is 34.9 Å².